The van der Waals surface area contributed by atoms with Crippen molar-refractivity contribution < 1.29 is 5.48 Å². The molecule has 2 aliphatic heterocycles. The summed E-state index contributed by atoms with van der Waals surface area (Å²) in [6, 6.07) is 24.0. The summed E-state index contributed by atoms with van der Waals surface area (Å²) >= 11 is 0. The van der Waals surface area contributed by atoms with E-state index in [4.69, 9.17) is 4.98 Å². The number of fused-ring (bicyclic) bond motifs is 7. The molecule has 0 saturated carbocycles. The molecule has 1 aliphatic carbocycles. The number of rotatable bonds is 1. The van der Waals surface area contributed by atoms with E-state index in [1.54, 1.807) is 0 Å². The average Bonchev–Trinajstić information content (AvgIpc) is 3.12. The van der Waals surface area contributed by atoms with Gasteiger partial charge in [0, 0.05) is 28.3 Å². The van der Waals surface area contributed by atoms with Gasteiger partial charge >= 0.3 is 0 Å². The second-order valence-corrected chi connectivity index (χ2v) is 8.95. The van der Waals surface area contributed by atoms with E-state index in [1.807, 2.05) is 0 Å². The van der Waals surface area contributed by atoms with Gasteiger partial charge in [-0.15, -0.1) is 0 Å². The fraction of sp³-hybridized carbons (Fsp3) is 0.222. The number of hydrogen-bond acceptors (Lipinski definition) is 1. The number of aromatic nitrogens is 2. The van der Waals surface area contributed by atoms with Crippen LogP contribution in [0.15, 0.2) is 72.9 Å². The van der Waals surface area contributed by atoms with E-state index in [-0.39, 0.29) is 10.9 Å². The van der Waals surface area contributed by atoms with E-state index >= 15 is 0 Å². The summed E-state index contributed by atoms with van der Waals surface area (Å²) in [6.45, 7) is 4.79. The normalized spacial score (nSPS) is 15.3. The molecule has 6 rings (SSSR count). The van der Waals surface area contributed by atoms with Crippen LogP contribution in [0.5, 0.6) is 0 Å². The second kappa shape index (κ2) is 6.68. The summed E-state index contributed by atoms with van der Waals surface area (Å²) in [5, 5.41) is 1.24. The van der Waals surface area contributed by atoms with E-state index < -0.39 is 0 Å². The molecule has 3 heteroatoms. The average molecular weight is 395 g/mol. The van der Waals surface area contributed by atoms with E-state index in [2.05, 4.69) is 91.2 Å². The maximum atomic E-state index is 5.05. The Hall–Kier alpha value is -3.17. The summed E-state index contributed by atoms with van der Waals surface area (Å²) in [6.07, 6.45) is 5.87. The molecule has 0 unspecified atom stereocenters. The summed E-state index contributed by atoms with van der Waals surface area (Å²) < 4.78 is 2.43. The Labute approximate surface area is 176 Å². The number of benzene rings is 2. The van der Waals surface area contributed by atoms with Crippen molar-refractivity contribution in [1.82, 2.24) is 9.38 Å². The van der Waals surface area contributed by atoms with E-state index in [9.17, 15) is 0 Å². The van der Waals surface area contributed by atoms with Crippen molar-refractivity contribution in [2.24, 2.45) is 0 Å². The molecule has 0 fully saturated rings. The molecular weight excluding hydrogens is 368 g/mol. The van der Waals surface area contributed by atoms with E-state index in [0.29, 0.717) is 0 Å². The van der Waals surface area contributed by atoms with Gasteiger partial charge in [0.1, 0.15) is 0 Å². The Balaban J connectivity index is 0.00000193. The Morgan fingerprint density at radius 1 is 0.900 bits per heavy atom. The smallest absolute Gasteiger partial charge is 0.0957 e. The molecule has 0 radical (unpaired) electrons. The lowest BCUT2D eigenvalue weighted by molar-refractivity contribution is 0.414. The molecule has 0 bridgehead atoms. The Morgan fingerprint density at radius 3 is 2.50 bits per heavy atom. The molecule has 0 amide bonds. The van der Waals surface area contributed by atoms with Crippen LogP contribution in [0.3, 0.4) is 0 Å². The van der Waals surface area contributed by atoms with Crippen LogP contribution in [0.1, 0.15) is 37.9 Å². The van der Waals surface area contributed by atoms with Gasteiger partial charge < -0.3 is 9.88 Å². The highest BCUT2D eigenvalue weighted by Gasteiger charge is 2.32. The molecular formula is C27H26N2O. The van der Waals surface area contributed by atoms with Crippen LogP contribution in [0, 0.1) is 0 Å². The van der Waals surface area contributed by atoms with Crippen LogP contribution in [0.2, 0.25) is 0 Å². The minimum absolute atomic E-state index is 0. The predicted octanol–water partition coefficient (Wildman–Crippen LogP) is 6.05. The quantitative estimate of drug-likeness (QED) is 0.341. The predicted molar refractivity (Wildman–Crippen MR) is 124 cm³/mol. The zero-order valence-corrected chi connectivity index (χ0v) is 17.4. The zero-order chi connectivity index (χ0) is 19.6. The standard InChI is InChI=1S/C27H24N2.H2O/c1-27(2)15-8-12-21-22(18-9-4-3-5-10-18)17-24-25-20(14-16-29(24)26(21)27)19-11-6-7-13-23(19)28-25;/h3-7,9-11,13-14,16-17H,8,12,15H2,1-2H3;1H2. The number of pyridine rings is 2. The van der Waals surface area contributed by atoms with Gasteiger partial charge in [0.2, 0.25) is 0 Å². The van der Waals surface area contributed by atoms with Crippen molar-refractivity contribution in [3.8, 4) is 22.4 Å². The maximum Gasteiger partial charge on any atom is 0.0957 e. The minimum atomic E-state index is 0. The molecule has 3 heterocycles. The molecule has 2 aromatic carbocycles. The van der Waals surface area contributed by atoms with Gasteiger partial charge in [-0.25, -0.2) is 4.98 Å². The fourth-order valence-corrected chi connectivity index (χ4v) is 5.33. The lowest BCUT2D eigenvalue weighted by Gasteiger charge is -2.35. The van der Waals surface area contributed by atoms with Crippen LogP contribution in [-0.2, 0) is 11.8 Å². The third-order valence-corrected chi connectivity index (χ3v) is 6.66. The number of para-hydroxylation sites is 1. The molecule has 3 aromatic rings. The van der Waals surface area contributed by atoms with Crippen LogP contribution in [-0.4, -0.2) is 14.9 Å². The zero-order valence-electron chi connectivity index (χ0n) is 17.4. The first-order valence-electron chi connectivity index (χ1n) is 10.5. The van der Waals surface area contributed by atoms with Gasteiger partial charge in [-0.2, -0.15) is 0 Å². The largest absolute Gasteiger partial charge is 0.412 e. The van der Waals surface area contributed by atoms with Crippen molar-refractivity contribution in [2.75, 3.05) is 0 Å². The monoisotopic (exact) mass is 394 g/mol. The molecule has 2 N–H and O–H groups in total. The first-order chi connectivity index (χ1) is 14.1. The molecule has 3 aliphatic rings. The summed E-state index contributed by atoms with van der Waals surface area (Å²) in [7, 11) is 0. The Kier molecular flexibility index (Phi) is 4.19. The lowest BCUT2D eigenvalue weighted by atomic mass is 9.73. The van der Waals surface area contributed by atoms with Gasteiger partial charge in [-0.3, -0.25) is 0 Å². The van der Waals surface area contributed by atoms with Crippen molar-refractivity contribution in [3.05, 3.63) is 84.2 Å². The van der Waals surface area contributed by atoms with Crippen molar-refractivity contribution in [1.29, 1.82) is 0 Å². The van der Waals surface area contributed by atoms with Gasteiger partial charge in [0.25, 0.3) is 0 Å². The maximum absolute atomic E-state index is 5.05. The highest BCUT2D eigenvalue weighted by Crippen LogP contribution is 2.44. The molecule has 150 valence electrons. The summed E-state index contributed by atoms with van der Waals surface area (Å²) in [5.74, 6) is 0. The fourth-order valence-electron chi connectivity index (χ4n) is 5.33. The molecule has 3 nitrogen and oxygen atoms in total. The van der Waals surface area contributed by atoms with E-state index in [1.165, 1.54) is 51.7 Å². The Bertz CT molecular complexity index is 1350. The van der Waals surface area contributed by atoms with E-state index in [0.717, 1.165) is 17.6 Å². The van der Waals surface area contributed by atoms with Crippen molar-refractivity contribution >= 4 is 16.4 Å². The molecule has 30 heavy (non-hydrogen) atoms. The highest BCUT2D eigenvalue weighted by molar-refractivity contribution is 6.02. The second-order valence-electron chi connectivity index (χ2n) is 8.95. The summed E-state index contributed by atoms with van der Waals surface area (Å²) in [4.78, 5) is 5.05. The van der Waals surface area contributed by atoms with Crippen molar-refractivity contribution in [3.63, 3.8) is 0 Å². The summed E-state index contributed by atoms with van der Waals surface area (Å²) in [5.41, 5.74) is 10.4. The number of nitrogens with zero attached hydrogens (tertiary/aromatic N) is 2. The molecule has 0 atom stereocenters. The third-order valence-electron chi connectivity index (χ3n) is 6.66. The molecule has 0 saturated heterocycles. The van der Waals surface area contributed by atoms with Crippen LogP contribution in [0.4, 0.5) is 0 Å². The Morgan fingerprint density at radius 2 is 1.67 bits per heavy atom. The van der Waals surface area contributed by atoms with Crippen molar-refractivity contribution in [2.45, 2.75) is 38.5 Å². The van der Waals surface area contributed by atoms with Gasteiger partial charge in [0.15, 0.2) is 0 Å². The van der Waals surface area contributed by atoms with Crippen LogP contribution >= 0.6 is 0 Å². The molecule has 1 aromatic heterocycles. The van der Waals surface area contributed by atoms with Gasteiger partial charge in [0.05, 0.1) is 16.7 Å². The number of hydrogen-bond donors (Lipinski definition) is 0. The highest BCUT2D eigenvalue weighted by atomic mass is 16.0. The third kappa shape index (κ3) is 2.59. The van der Waals surface area contributed by atoms with Gasteiger partial charge in [-0.05, 0) is 54.2 Å². The van der Waals surface area contributed by atoms with Gasteiger partial charge in [-0.1, -0.05) is 62.4 Å². The first-order valence-corrected chi connectivity index (χ1v) is 10.5. The SMILES string of the molecule is CC1(C)CCCc2c(-c3ccccc3)cc3c4nc5ccccc5c-4ccn3c21.O. The lowest BCUT2D eigenvalue weighted by Crippen LogP contribution is -2.28. The van der Waals surface area contributed by atoms with Crippen LogP contribution in [0.25, 0.3) is 38.8 Å². The first kappa shape index (κ1) is 18.8. The minimum Gasteiger partial charge on any atom is -0.412 e. The topological polar surface area (TPSA) is 48.8 Å². The molecule has 0 spiro atoms. The van der Waals surface area contributed by atoms with Crippen LogP contribution < -0.4 is 0 Å².